The highest BCUT2D eigenvalue weighted by Crippen LogP contribution is 1.99. The first-order valence-corrected chi connectivity index (χ1v) is 2.06. The van der Waals surface area contributed by atoms with E-state index in [4.69, 9.17) is 10.2 Å². The van der Waals surface area contributed by atoms with Crippen molar-refractivity contribution >= 4 is 5.97 Å². The summed E-state index contributed by atoms with van der Waals surface area (Å²) < 4.78 is 0. The summed E-state index contributed by atoms with van der Waals surface area (Å²) in [5, 5.41) is 16.4. The summed E-state index contributed by atoms with van der Waals surface area (Å²) in [5.74, 6) is -1.05. The highest BCUT2D eigenvalue weighted by atomic mass is 16.4. The van der Waals surface area contributed by atoms with Crippen molar-refractivity contribution in [2.75, 3.05) is 0 Å². The van der Waals surface area contributed by atoms with Crippen LogP contribution in [-0.4, -0.2) is 16.2 Å². The molecule has 0 bridgehead atoms. The molecule has 0 saturated carbocycles. The van der Waals surface area contributed by atoms with Crippen LogP contribution >= 0.6 is 0 Å². The maximum Gasteiger partial charge on any atom is 0.306 e. The zero-order valence-electron chi connectivity index (χ0n) is 4.29. The van der Waals surface area contributed by atoms with E-state index < -0.39 is 5.97 Å². The highest BCUT2D eigenvalue weighted by molar-refractivity contribution is 5.69. The minimum atomic E-state index is -1.05. The van der Waals surface area contributed by atoms with Crippen molar-refractivity contribution in [1.82, 2.24) is 0 Å². The van der Waals surface area contributed by atoms with E-state index in [0.717, 1.165) is 6.08 Å². The van der Waals surface area contributed by atoms with Crippen molar-refractivity contribution in [3.63, 3.8) is 0 Å². The molecule has 8 heavy (non-hydrogen) atoms. The van der Waals surface area contributed by atoms with E-state index in [9.17, 15) is 4.79 Å². The maximum absolute atomic E-state index is 9.74. The van der Waals surface area contributed by atoms with Crippen LogP contribution in [0, 0.1) is 6.10 Å². The number of carboxylic acid groups (broad SMARTS) is 1. The van der Waals surface area contributed by atoms with Gasteiger partial charge in [0.2, 0.25) is 0 Å². The SMILES string of the molecule is C=C[C](O)CC(=O)O. The lowest BCUT2D eigenvalue weighted by molar-refractivity contribution is -0.137. The molecule has 0 unspecified atom stereocenters. The van der Waals surface area contributed by atoms with Crippen molar-refractivity contribution in [2.45, 2.75) is 6.42 Å². The number of rotatable bonds is 3. The average Bonchev–Trinajstić information content (AvgIpc) is 1.65. The third-order valence-electron chi connectivity index (χ3n) is 0.568. The quantitative estimate of drug-likeness (QED) is 0.564. The fraction of sp³-hybridized carbons (Fsp3) is 0.200. The van der Waals surface area contributed by atoms with Crippen LogP contribution in [0.5, 0.6) is 0 Å². The van der Waals surface area contributed by atoms with Crippen LogP contribution in [0.3, 0.4) is 0 Å². The zero-order valence-corrected chi connectivity index (χ0v) is 4.29. The summed E-state index contributed by atoms with van der Waals surface area (Å²) in [7, 11) is 0. The molecule has 0 aliphatic carbocycles. The molecule has 0 aliphatic heterocycles. The summed E-state index contributed by atoms with van der Waals surface area (Å²) in [6, 6.07) is 0. The van der Waals surface area contributed by atoms with E-state index in [2.05, 4.69) is 6.58 Å². The molecule has 0 aromatic rings. The van der Waals surface area contributed by atoms with Crippen LogP contribution in [0.25, 0.3) is 0 Å². The van der Waals surface area contributed by atoms with E-state index in [0.29, 0.717) is 0 Å². The molecule has 3 heteroatoms. The Morgan fingerprint density at radius 2 is 2.12 bits per heavy atom. The van der Waals surface area contributed by atoms with E-state index in [1.54, 1.807) is 0 Å². The van der Waals surface area contributed by atoms with Gasteiger partial charge in [-0.15, -0.1) is 6.58 Å². The number of hydrogen-bond donors (Lipinski definition) is 2. The summed E-state index contributed by atoms with van der Waals surface area (Å²) in [4.78, 5) is 9.74. The Kier molecular flexibility index (Phi) is 2.88. The van der Waals surface area contributed by atoms with Gasteiger partial charge in [0, 0.05) is 0 Å². The van der Waals surface area contributed by atoms with Crippen LogP contribution in [0.1, 0.15) is 6.42 Å². The lowest BCUT2D eigenvalue weighted by Gasteiger charge is -1.94. The van der Waals surface area contributed by atoms with Crippen LogP contribution in [0.4, 0.5) is 0 Å². The fourth-order valence-electron chi connectivity index (χ4n) is 0.227. The van der Waals surface area contributed by atoms with Crippen molar-refractivity contribution in [1.29, 1.82) is 0 Å². The molecular formula is C5H7O3. The average molecular weight is 115 g/mol. The van der Waals surface area contributed by atoms with Gasteiger partial charge in [0.15, 0.2) is 0 Å². The van der Waals surface area contributed by atoms with Crippen molar-refractivity contribution in [3.8, 4) is 0 Å². The molecule has 3 nitrogen and oxygen atoms in total. The molecule has 0 fully saturated rings. The third kappa shape index (κ3) is 3.36. The smallest absolute Gasteiger partial charge is 0.306 e. The Morgan fingerprint density at radius 1 is 1.62 bits per heavy atom. The van der Waals surface area contributed by atoms with Crippen LogP contribution in [0.2, 0.25) is 0 Å². The lowest BCUT2D eigenvalue weighted by Crippen LogP contribution is -2.01. The minimum absolute atomic E-state index is 0.211. The Bertz CT molecular complexity index is 97.8. The number of hydrogen-bond acceptors (Lipinski definition) is 2. The number of carbonyl (C=O) groups is 1. The predicted octanol–water partition coefficient (Wildman–Crippen LogP) is 0.552. The predicted molar refractivity (Wildman–Crippen MR) is 27.6 cm³/mol. The molecule has 0 spiro atoms. The second-order valence-corrected chi connectivity index (χ2v) is 1.27. The Morgan fingerprint density at radius 3 is 2.25 bits per heavy atom. The number of aliphatic carboxylic acids is 1. The Hall–Kier alpha value is -0.830. The van der Waals surface area contributed by atoms with Crippen LogP contribution in [-0.2, 0) is 4.79 Å². The van der Waals surface area contributed by atoms with Gasteiger partial charge < -0.3 is 10.2 Å². The molecule has 0 amide bonds. The maximum atomic E-state index is 9.74. The van der Waals surface area contributed by atoms with E-state index in [1.165, 1.54) is 0 Å². The first kappa shape index (κ1) is 7.17. The molecule has 0 heterocycles. The third-order valence-corrected chi connectivity index (χ3v) is 0.568. The summed E-state index contributed by atoms with van der Waals surface area (Å²) in [5.41, 5.74) is 0. The standard InChI is InChI=1S/C5H7O3/c1-2-4(6)3-5(7)8/h2,6H,1,3H2,(H,7,8). The fourth-order valence-corrected chi connectivity index (χ4v) is 0.227. The van der Waals surface area contributed by atoms with Crippen LogP contribution < -0.4 is 0 Å². The van der Waals surface area contributed by atoms with Crippen molar-refractivity contribution in [2.24, 2.45) is 0 Å². The second-order valence-electron chi connectivity index (χ2n) is 1.27. The summed E-state index contributed by atoms with van der Waals surface area (Å²) in [6.45, 7) is 3.16. The van der Waals surface area contributed by atoms with E-state index >= 15 is 0 Å². The van der Waals surface area contributed by atoms with Gasteiger partial charge in [-0.2, -0.15) is 0 Å². The van der Waals surface area contributed by atoms with E-state index in [-0.39, 0.29) is 12.5 Å². The lowest BCUT2D eigenvalue weighted by atomic mass is 10.2. The van der Waals surface area contributed by atoms with Gasteiger partial charge >= 0.3 is 5.97 Å². The Balaban J connectivity index is 3.38. The number of aliphatic hydroxyl groups excluding tert-OH is 1. The second kappa shape index (κ2) is 3.21. The molecule has 0 atom stereocenters. The highest BCUT2D eigenvalue weighted by Gasteiger charge is 2.04. The first-order valence-electron chi connectivity index (χ1n) is 2.06. The van der Waals surface area contributed by atoms with Gasteiger partial charge in [-0.1, -0.05) is 6.08 Å². The van der Waals surface area contributed by atoms with Gasteiger partial charge in [-0.05, 0) is 0 Å². The van der Waals surface area contributed by atoms with Gasteiger partial charge in [0.25, 0.3) is 0 Å². The molecule has 1 radical (unpaired) electrons. The van der Waals surface area contributed by atoms with Gasteiger partial charge in [-0.3, -0.25) is 4.79 Å². The van der Waals surface area contributed by atoms with Crippen LogP contribution in [0.15, 0.2) is 12.7 Å². The molecule has 45 valence electrons. The van der Waals surface area contributed by atoms with E-state index in [1.807, 2.05) is 0 Å². The summed E-state index contributed by atoms with van der Waals surface area (Å²) >= 11 is 0. The molecule has 0 saturated heterocycles. The summed E-state index contributed by atoms with van der Waals surface area (Å²) in [6.07, 6.45) is 0.551. The number of carboxylic acids is 1. The number of aliphatic hydroxyl groups is 1. The zero-order chi connectivity index (χ0) is 6.57. The van der Waals surface area contributed by atoms with Crippen molar-refractivity contribution in [3.05, 3.63) is 18.8 Å². The van der Waals surface area contributed by atoms with Gasteiger partial charge in [0.1, 0.15) is 6.10 Å². The molecule has 0 aliphatic rings. The van der Waals surface area contributed by atoms with Gasteiger partial charge in [-0.25, -0.2) is 0 Å². The molecular weight excluding hydrogens is 108 g/mol. The molecule has 0 aromatic carbocycles. The van der Waals surface area contributed by atoms with Gasteiger partial charge in [0.05, 0.1) is 6.42 Å². The topological polar surface area (TPSA) is 57.5 Å². The molecule has 0 rings (SSSR count). The Labute approximate surface area is 47.3 Å². The molecule has 2 N–H and O–H groups in total. The van der Waals surface area contributed by atoms with Crippen molar-refractivity contribution < 1.29 is 15.0 Å². The first-order chi connectivity index (χ1) is 3.66. The molecule has 0 aromatic heterocycles. The minimum Gasteiger partial charge on any atom is -0.481 e. The largest absolute Gasteiger partial charge is 0.481 e. The normalized spacial score (nSPS) is 9.25. The monoisotopic (exact) mass is 115 g/mol.